The molecular weight excluding hydrogens is 236 g/mol. The summed E-state index contributed by atoms with van der Waals surface area (Å²) >= 11 is 5.95. The number of nitrogens with zero attached hydrogens (tertiary/aromatic N) is 2. The molecule has 0 aliphatic carbocycles. The van der Waals surface area contributed by atoms with Gasteiger partial charge in [0.1, 0.15) is 0 Å². The lowest BCUT2D eigenvalue weighted by molar-refractivity contribution is 0.511. The van der Waals surface area contributed by atoms with Crippen LogP contribution >= 0.6 is 11.6 Å². The van der Waals surface area contributed by atoms with Gasteiger partial charge in [-0.3, -0.25) is 4.31 Å². The van der Waals surface area contributed by atoms with E-state index in [1.807, 2.05) is 0 Å². The quantitative estimate of drug-likeness (QED) is 0.750. The van der Waals surface area contributed by atoms with Gasteiger partial charge < -0.3 is 0 Å². The van der Waals surface area contributed by atoms with Crippen LogP contribution < -0.4 is 4.31 Å². The smallest absolute Gasteiger partial charge is 0.255 e. The third-order valence-electron chi connectivity index (χ3n) is 2.41. The molecule has 6 heteroatoms. The molecule has 0 atom stereocenters. The number of hydrogen-bond acceptors (Lipinski definition) is 2. The molecule has 0 spiro atoms. The number of anilines is 1. The Morgan fingerprint density at radius 3 is 2.47 bits per heavy atom. The molecular formula is C9H11ClN2O2S. The number of para-hydroxylation sites is 1. The molecule has 0 radical (unpaired) electrons. The van der Waals surface area contributed by atoms with Crippen LogP contribution in [-0.2, 0) is 10.2 Å². The molecule has 1 heterocycles. The van der Waals surface area contributed by atoms with Crippen LogP contribution in [0.3, 0.4) is 0 Å². The molecule has 15 heavy (non-hydrogen) atoms. The lowest BCUT2D eigenvalue weighted by atomic mass is 10.3. The molecule has 0 N–H and O–H groups in total. The van der Waals surface area contributed by atoms with E-state index in [1.165, 1.54) is 8.61 Å². The molecule has 1 aromatic rings. The highest BCUT2D eigenvalue weighted by Gasteiger charge is 2.34. The van der Waals surface area contributed by atoms with Crippen molar-refractivity contribution in [3.63, 3.8) is 0 Å². The first kappa shape index (κ1) is 10.7. The molecule has 0 saturated carbocycles. The Morgan fingerprint density at radius 2 is 1.93 bits per heavy atom. The van der Waals surface area contributed by atoms with Crippen molar-refractivity contribution >= 4 is 27.5 Å². The Bertz CT molecular complexity index is 475. The SMILES string of the molecule is CN1CCN(c2ccccc2Cl)S1(=O)=O. The molecule has 0 unspecified atom stereocenters. The second-order valence-electron chi connectivity index (χ2n) is 3.35. The fourth-order valence-electron chi connectivity index (χ4n) is 1.53. The first-order valence-corrected chi connectivity index (χ1v) is 6.29. The monoisotopic (exact) mass is 246 g/mol. The highest BCUT2D eigenvalue weighted by Crippen LogP contribution is 2.30. The zero-order valence-corrected chi connectivity index (χ0v) is 9.79. The molecule has 4 nitrogen and oxygen atoms in total. The van der Waals surface area contributed by atoms with Gasteiger partial charge in [0.2, 0.25) is 0 Å². The Labute approximate surface area is 94.2 Å². The fraction of sp³-hybridized carbons (Fsp3) is 0.333. The second-order valence-corrected chi connectivity index (χ2v) is 5.72. The van der Waals surface area contributed by atoms with Crippen LogP contribution in [0, 0.1) is 0 Å². The van der Waals surface area contributed by atoms with E-state index < -0.39 is 10.2 Å². The van der Waals surface area contributed by atoms with Crippen LogP contribution in [0.15, 0.2) is 24.3 Å². The maximum absolute atomic E-state index is 11.8. The summed E-state index contributed by atoms with van der Waals surface area (Å²) in [6, 6.07) is 6.94. The maximum Gasteiger partial charge on any atom is 0.303 e. The van der Waals surface area contributed by atoms with Crippen molar-refractivity contribution in [2.75, 3.05) is 24.4 Å². The van der Waals surface area contributed by atoms with E-state index in [0.717, 1.165) is 0 Å². The standard InChI is InChI=1S/C9H11ClN2O2S/c1-11-6-7-12(15(11,13)14)9-5-3-2-4-8(9)10/h2-5H,6-7H2,1H3. The number of likely N-dealkylation sites (N-methyl/N-ethyl adjacent to an activating group) is 1. The lowest BCUT2D eigenvalue weighted by Gasteiger charge is -2.18. The van der Waals surface area contributed by atoms with Crippen molar-refractivity contribution < 1.29 is 8.42 Å². The summed E-state index contributed by atoms with van der Waals surface area (Å²) in [6.07, 6.45) is 0. The zero-order valence-electron chi connectivity index (χ0n) is 8.22. The van der Waals surface area contributed by atoms with Crippen LogP contribution in [0.2, 0.25) is 5.02 Å². The van der Waals surface area contributed by atoms with E-state index in [1.54, 1.807) is 31.3 Å². The van der Waals surface area contributed by atoms with Gasteiger partial charge in [-0.1, -0.05) is 23.7 Å². The molecule has 2 rings (SSSR count). The summed E-state index contributed by atoms with van der Waals surface area (Å²) in [5.74, 6) is 0. The van der Waals surface area contributed by atoms with E-state index in [-0.39, 0.29) is 0 Å². The van der Waals surface area contributed by atoms with Crippen molar-refractivity contribution in [2.24, 2.45) is 0 Å². The summed E-state index contributed by atoms with van der Waals surface area (Å²) in [5, 5.41) is 0.455. The molecule has 0 aromatic heterocycles. The minimum Gasteiger partial charge on any atom is -0.255 e. The molecule has 0 amide bonds. The average Bonchev–Trinajstić information content (AvgIpc) is 2.44. The van der Waals surface area contributed by atoms with Gasteiger partial charge in [0.15, 0.2) is 0 Å². The van der Waals surface area contributed by atoms with E-state index in [9.17, 15) is 8.42 Å². The summed E-state index contributed by atoms with van der Waals surface area (Å²) in [5.41, 5.74) is 0.545. The molecule has 1 saturated heterocycles. The average molecular weight is 247 g/mol. The number of rotatable bonds is 1. The zero-order chi connectivity index (χ0) is 11.1. The molecule has 0 bridgehead atoms. The Morgan fingerprint density at radius 1 is 1.27 bits per heavy atom. The third kappa shape index (κ3) is 1.71. The number of benzene rings is 1. The molecule has 1 aromatic carbocycles. The Hall–Kier alpha value is -0.780. The number of hydrogen-bond donors (Lipinski definition) is 0. The van der Waals surface area contributed by atoms with Crippen LogP contribution in [0.5, 0.6) is 0 Å². The van der Waals surface area contributed by atoms with E-state index in [4.69, 9.17) is 11.6 Å². The van der Waals surface area contributed by atoms with E-state index in [0.29, 0.717) is 23.8 Å². The predicted molar refractivity (Wildman–Crippen MR) is 60.3 cm³/mol. The molecule has 82 valence electrons. The van der Waals surface area contributed by atoms with E-state index >= 15 is 0 Å². The third-order valence-corrected chi connectivity index (χ3v) is 4.64. The first-order valence-electron chi connectivity index (χ1n) is 4.52. The highest BCUT2D eigenvalue weighted by molar-refractivity contribution is 7.90. The van der Waals surface area contributed by atoms with Crippen molar-refractivity contribution in [2.45, 2.75) is 0 Å². The van der Waals surface area contributed by atoms with Gasteiger partial charge in [0.25, 0.3) is 0 Å². The molecule has 1 fully saturated rings. The van der Waals surface area contributed by atoms with Gasteiger partial charge in [0, 0.05) is 20.1 Å². The minimum atomic E-state index is -3.36. The lowest BCUT2D eigenvalue weighted by Crippen LogP contribution is -2.30. The van der Waals surface area contributed by atoms with Crippen LogP contribution in [0.1, 0.15) is 0 Å². The molecule has 1 aliphatic rings. The minimum absolute atomic E-state index is 0.447. The molecule has 1 aliphatic heterocycles. The first-order chi connectivity index (χ1) is 7.03. The summed E-state index contributed by atoms with van der Waals surface area (Å²) in [4.78, 5) is 0. The summed E-state index contributed by atoms with van der Waals surface area (Å²) < 4.78 is 26.3. The van der Waals surface area contributed by atoms with Crippen LogP contribution in [0.4, 0.5) is 5.69 Å². The van der Waals surface area contributed by atoms with Gasteiger partial charge in [0.05, 0.1) is 10.7 Å². The normalized spacial score (nSPS) is 20.8. The van der Waals surface area contributed by atoms with Gasteiger partial charge in [-0.2, -0.15) is 12.7 Å². The largest absolute Gasteiger partial charge is 0.303 e. The Balaban J connectivity index is 2.46. The maximum atomic E-state index is 11.8. The predicted octanol–water partition coefficient (Wildman–Crippen LogP) is 1.34. The van der Waals surface area contributed by atoms with Crippen LogP contribution in [-0.4, -0.2) is 32.9 Å². The van der Waals surface area contributed by atoms with Crippen molar-refractivity contribution in [3.05, 3.63) is 29.3 Å². The fourth-order valence-corrected chi connectivity index (χ4v) is 3.19. The van der Waals surface area contributed by atoms with Crippen molar-refractivity contribution in [3.8, 4) is 0 Å². The second kappa shape index (κ2) is 3.66. The number of halogens is 1. The topological polar surface area (TPSA) is 40.6 Å². The van der Waals surface area contributed by atoms with Gasteiger partial charge in [-0.25, -0.2) is 0 Å². The van der Waals surface area contributed by atoms with Gasteiger partial charge in [-0.05, 0) is 12.1 Å². The van der Waals surface area contributed by atoms with E-state index in [2.05, 4.69) is 0 Å². The van der Waals surface area contributed by atoms with Crippen molar-refractivity contribution in [1.82, 2.24) is 4.31 Å². The summed E-state index contributed by atoms with van der Waals surface area (Å²) in [7, 11) is -1.80. The van der Waals surface area contributed by atoms with Gasteiger partial charge >= 0.3 is 10.2 Å². The highest BCUT2D eigenvalue weighted by atomic mass is 35.5. The Kier molecular flexibility index (Phi) is 2.62. The van der Waals surface area contributed by atoms with Gasteiger partial charge in [-0.15, -0.1) is 0 Å². The summed E-state index contributed by atoms with van der Waals surface area (Å²) in [6.45, 7) is 0.941. The van der Waals surface area contributed by atoms with Crippen molar-refractivity contribution in [1.29, 1.82) is 0 Å². The van der Waals surface area contributed by atoms with Crippen LogP contribution in [0.25, 0.3) is 0 Å².